The number of halogens is 1. The van der Waals surface area contributed by atoms with Crippen molar-refractivity contribution in [3.63, 3.8) is 0 Å². The fraction of sp³-hybridized carbons (Fsp3) is 1.00. The number of hydrogen-bond donors (Lipinski definition) is 0. The molecule has 27 heavy (non-hydrogen) atoms. The molecule has 166 valence electrons. The van der Waals surface area contributed by atoms with E-state index in [0.717, 1.165) is 19.3 Å². The molecule has 0 saturated heterocycles. The third kappa shape index (κ3) is 17.6. The Bertz CT molecular complexity index is 381. The van der Waals surface area contributed by atoms with Crippen LogP contribution in [0.2, 0.25) is 0 Å². The van der Waals surface area contributed by atoms with Gasteiger partial charge < -0.3 is 4.48 Å². The zero-order valence-electron chi connectivity index (χ0n) is 18.8. The molecular weight excluding hydrogens is 365 g/mol. The van der Waals surface area contributed by atoms with Gasteiger partial charge in [0.2, 0.25) is 0 Å². The number of quaternary nitrogens is 1. The monoisotopic (exact) mass is 412 g/mol. The van der Waals surface area contributed by atoms with E-state index in [1.807, 2.05) is 0 Å². The van der Waals surface area contributed by atoms with Crippen molar-refractivity contribution >= 4 is 10.1 Å². The molecule has 6 heteroatoms. The number of rotatable bonds is 17. The Morgan fingerprint density at radius 3 is 1.22 bits per heavy atom. The highest BCUT2D eigenvalue weighted by atomic mass is 32.2. The lowest BCUT2D eigenvalue weighted by Crippen LogP contribution is -2.47. The van der Waals surface area contributed by atoms with E-state index in [1.54, 1.807) is 0 Å². The van der Waals surface area contributed by atoms with Crippen LogP contribution in [0.1, 0.15) is 105 Å². The van der Waals surface area contributed by atoms with Crippen LogP contribution in [0.3, 0.4) is 0 Å². The third-order valence-electron chi connectivity index (χ3n) is 5.78. The van der Waals surface area contributed by atoms with Crippen LogP contribution >= 0.6 is 0 Å². The van der Waals surface area contributed by atoms with E-state index in [4.69, 9.17) is 0 Å². The molecule has 4 nitrogen and oxygen atoms in total. The van der Waals surface area contributed by atoms with Crippen molar-refractivity contribution in [3.8, 4) is 0 Å². The molecule has 0 N–H and O–H groups in total. The second kappa shape index (κ2) is 19.1. The molecule has 0 aliphatic carbocycles. The van der Waals surface area contributed by atoms with Crippen LogP contribution in [0.4, 0.5) is 4.53 Å². The molecule has 0 saturated carbocycles. The molecule has 0 heterocycles. The molecule has 0 rings (SSSR count). The molecule has 0 bridgehead atoms. The Kier molecular flexibility index (Phi) is 20.6. The maximum Gasteiger partial charge on any atom is 0.297 e. The van der Waals surface area contributed by atoms with Gasteiger partial charge in [-0.3, -0.25) is 0 Å². The summed E-state index contributed by atoms with van der Waals surface area (Å²) in [6.07, 6.45) is 12.6. The molecule has 0 amide bonds. The van der Waals surface area contributed by atoms with Crippen LogP contribution < -0.4 is 0 Å². The predicted molar refractivity (Wildman–Crippen MR) is 115 cm³/mol. The lowest BCUT2D eigenvalue weighted by atomic mass is 10.1. The molecule has 0 aliphatic heterocycles. The summed E-state index contributed by atoms with van der Waals surface area (Å²) in [6.45, 7) is 16.4. The first kappa shape index (κ1) is 29.0. The van der Waals surface area contributed by atoms with E-state index in [2.05, 4.69) is 39.0 Å². The summed E-state index contributed by atoms with van der Waals surface area (Å²) in [5, 5.41) is 0. The van der Waals surface area contributed by atoms with Crippen molar-refractivity contribution < 1.29 is 21.8 Å². The zero-order chi connectivity index (χ0) is 21.0. The van der Waals surface area contributed by atoms with Crippen molar-refractivity contribution in [3.05, 3.63) is 0 Å². The van der Waals surface area contributed by atoms with E-state index < -0.39 is 10.1 Å². The van der Waals surface area contributed by atoms with Crippen LogP contribution in [0.5, 0.6) is 0 Å². The minimum Gasteiger partial charge on any atom is -0.325 e. The average Bonchev–Trinajstić information content (AvgIpc) is 2.69. The quantitative estimate of drug-likeness (QED) is 0.205. The van der Waals surface area contributed by atoms with Gasteiger partial charge in [-0.2, -0.15) is 8.42 Å². The number of nitrogens with zero attached hydrogens (tertiary/aromatic N) is 1. The standard InChI is InChI=1S/C13H27FO3S.C8H20N/c1-2-3-4-5-6-7-8-9-10-11-12-13-18(15,16)17-14;1-5-9(6-2,7-3)8-4/h2-13H2,1H3;5-8H2,1-4H3/q;+1. The highest BCUT2D eigenvalue weighted by molar-refractivity contribution is 7.86. The second-order valence-electron chi connectivity index (χ2n) is 7.47. The van der Waals surface area contributed by atoms with E-state index in [9.17, 15) is 12.9 Å². The average molecular weight is 413 g/mol. The molecule has 0 unspecified atom stereocenters. The smallest absolute Gasteiger partial charge is 0.297 e. The molecule has 0 aromatic carbocycles. The molecule has 0 aliphatic rings. The second-order valence-corrected chi connectivity index (χ2v) is 9.12. The molecule has 0 aromatic rings. The summed E-state index contributed by atoms with van der Waals surface area (Å²) in [4.78, 5) is 0. The van der Waals surface area contributed by atoms with Gasteiger partial charge >= 0.3 is 0 Å². The normalized spacial score (nSPS) is 11.9. The Hall–Kier alpha value is -0.200. The fourth-order valence-electron chi connectivity index (χ4n) is 3.32. The third-order valence-corrected chi connectivity index (χ3v) is 6.76. The van der Waals surface area contributed by atoms with Gasteiger partial charge in [0.05, 0.1) is 31.9 Å². The first-order valence-corrected chi connectivity index (χ1v) is 12.8. The Morgan fingerprint density at radius 2 is 0.963 bits per heavy atom. The SMILES string of the molecule is CCCCCCCCCCCCCS(=O)(=O)OF.CC[N+](CC)(CC)CC. The largest absolute Gasteiger partial charge is 0.325 e. The molecule has 0 atom stereocenters. The van der Waals surface area contributed by atoms with Gasteiger partial charge in [-0.05, 0) is 38.6 Å². The van der Waals surface area contributed by atoms with Gasteiger partial charge in [0, 0.05) is 0 Å². The maximum absolute atomic E-state index is 11.5. The molecule has 0 aromatic heterocycles. The topological polar surface area (TPSA) is 43.4 Å². The summed E-state index contributed by atoms with van der Waals surface area (Å²) in [6, 6.07) is 0. The van der Waals surface area contributed by atoms with Crippen molar-refractivity contribution in [2.24, 2.45) is 0 Å². The summed E-state index contributed by atoms with van der Waals surface area (Å²) in [5.74, 6) is -0.208. The van der Waals surface area contributed by atoms with Crippen molar-refractivity contribution in [1.82, 2.24) is 0 Å². The summed E-state index contributed by atoms with van der Waals surface area (Å²) >= 11 is 0. The lowest BCUT2D eigenvalue weighted by molar-refractivity contribution is -0.921. The van der Waals surface area contributed by atoms with Gasteiger partial charge in [-0.1, -0.05) is 75.5 Å². The summed E-state index contributed by atoms with van der Waals surface area (Å²) < 4.78 is 37.0. The van der Waals surface area contributed by atoms with Gasteiger partial charge in [0.15, 0.2) is 0 Å². The Morgan fingerprint density at radius 1 is 0.630 bits per heavy atom. The Balaban J connectivity index is 0. The maximum atomic E-state index is 11.5. The van der Waals surface area contributed by atoms with Crippen molar-refractivity contribution in [2.45, 2.75) is 105 Å². The van der Waals surface area contributed by atoms with E-state index in [1.165, 1.54) is 75.6 Å². The van der Waals surface area contributed by atoms with Crippen LogP contribution in [-0.4, -0.2) is 44.8 Å². The Labute approximate surface area is 169 Å². The molecule has 0 spiro atoms. The van der Waals surface area contributed by atoms with E-state index >= 15 is 0 Å². The fourth-order valence-corrected chi connectivity index (χ4v) is 3.94. The van der Waals surface area contributed by atoms with Crippen LogP contribution in [0.15, 0.2) is 0 Å². The molecular formula is C21H47FNO3S+. The van der Waals surface area contributed by atoms with Gasteiger partial charge in [0.1, 0.15) is 0 Å². The minimum atomic E-state index is -3.90. The zero-order valence-corrected chi connectivity index (χ0v) is 19.6. The van der Waals surface area contributed by atoms with Crippen molar-refractivity contribution in [1.29, 1.82) is 0 Å². The van der Waals surface area contributed by atoms with Crippen LogP contribution in [0, 0.1) is 0 Å². The van der Waals surface area contributed by atoms with Crippen LogP contribution in [-0.2, 0) is 14.5 Å². The van der Waals surface area contributed by atoms with E-state index in [-0.39, 0.29) is 5.75 Å². The first-order chi connectivity index (χ1) is 12.9. The highest BCUT2D eigenvalue weighted by Gasteiger charge is 2.16. The predicted octanol–water partition coefficient (Wildman–Crippen LogP) is 6.41. The van der Waals surface area contributed by atoms with Crippen LogP contribution in [0.25, 0.3) is 0 Å². The van der Waals surface area contributed by atoms with E-state index in [0.29, 0.717) is 6.42 Å². The highest BCUT2D eigenvalue weighted by Crippen LogP contribution is 2.12. The number of unbranched alkanes of at least 4 members (excludes halogenated alkanes) is 10. The van der Waals surface area contributed by atoms with Crippen molar-refractivity contribution in [2.75, 3.05) is 31.9 Å². The number of hydrogen-bond acceptors (Lipinski definition) is 3. The van der Waals surface area contributed by atoms with Gasteiger partial charge in [-0.15, -0.1) is 0 Å². The van der Waals surface area contributed by atoms with Gasteiger partial charge in [-0.25, -0.2) is 0 Å². The summed E-state index contributed by atoms with van der Waals surface area (Å²) in [7, 11) is -3.90. The summed E-state index contributed by atoms with van der Waals surface area (Å²) in [5.41, 5.74) is 0. The molecule has 0 fully saturated rings. The lowest BCUT2D eigenvalue weighted by Gasteiger charge is -2.34. The minimum absolute atomic E-state index is 0.208. The van der Waals surface area contributed by atoms with Gasteiger partial charge in [0.25, 0.3) is 10.1 Å². The molecule has 0 radical (unpaired) electrons. The first-order valence-electron chi connectivity index (χ1n) is 11.2.